The number of nitrogens with one attached hydrogen (secondary N) is 1. The first-order chi connectivity index (χ1) is 9.16. The quantitative estimate of drug-likeness (QED) is 0.807. The van der Waals surface area contributed by atoms with E-state index < -0.39 is 0 Å². The van der Waals surface area contributed by atoms with Gasteiger partial charge in [-0.05, 0) is 32.0 Å². The van der Waals surface area contributed by atoms with E-state index in [1.807, 2.05) is 31.2 Å². The van der Waals surface area contributed by atoms with Crippen LogP contribution in [0.2, 0.25) is 0 Å². The van der Waals surface area contributed by atoms with Gasteiger partial charge in [-0.25, -0.2) is 0 Å². The highest BCUT2D eigenvalue weighted by molar-refractivity contribution is 5.85. The van der Waals surface area contributed by atoms with Crippen LogP contribution in [0.15, 0.2) is 30.3 Å². The van der Waals surface area contributed by atoms with Crippen LogP contribution in [-0.2, 0) is 0 Å². The number of nitrogens with zero attached hydrogens (tertiary/aromatic N) is 1. The van der Waals surface area contributed by atoms with Crippen LogP contribution in [0.1, 0.15) is 26.0 Å². The van der Waals surface area contributed by atoms with Crippen molar-refractivity contribution in [1.82, 2.24) is 10.3 Å². The van der Waals surface area contributed by atoms with E-state index in [0.717, 1.165) is 41.9 Å². The minimum absolute atomic E-state index is 0.531. The molecule has 2 rings (SSSR count). The molecule has 3 nitrogen and oxygen atoms in total. The van der Waals surface area contributed by atoms with Gasteiger partial charge in [0, 0.05) is 23.2 Å². The molecule has 0 aliphatic carbocycles. The monoisotopic (exact) mass is 258 g/mol. The van der Waals surface area contributed by atoms with E-state index in [2.05, 4.69) is 30.2 Å². The molecule has 0 saturated carbocycles. The van der Waals surface area contributed by atoms with Crippen molar-refractivity contribution in [3.63, 3.8) is 0 Å². The van der Waals surface area contributed by atoms with Gasteiger partial charge in [0.05, 0.1) is 12.1 Å². The van der Waals surface area contributed by atoms with E-state index in [-0.39, 0.29) is 0 Å². The van der Waals surface area contributed by atoms with Crippen LogP contribution in [-0.4, -0.2) is 24.2 Å². The van der Waals surface area contributed by atoms with Gasteiger partial charge < -0.3 is 10.1 Å². The van der Waals surface area contributed by atoms with Crippen LogP contribution in [0.25, 0.3) is 10.9 Å². The van der Waals surface area contributed by atoms with E-state index in [1.165, 1.54) is 0 Å². The first kappa shape index (κ1) is 13.8. The third-order valence-corrected chi connectivity index (χ3v) is 2.94. The number of hydrogen-bond acceptors (Lipinski definition) is 3. The van der Waals surface area contributed by atoms with Gasteiger partial charge >= 0.3 is 0 Å². The predicted molar refractivity (Wildman–Crippen MR) is 79.7 cm³/mol. The molecule has 1 heterocycles. The molecule has 0 bridgehead atoms. The normalized spacial score (nSPS) is 11.2. The maximum atomic E-state index is 5.90. The Kier molecular flexibility index (Phi) is 4.74. The van der Waals surface area contributed by atoms with Crippen molar-refractivity contribution in [2.75, 3.05) is 13.2 Å². The molecule has 1 aromatic carbocycles. The Morgan fingerprint density at radius 1 is 1.26 bits per heavy atom. The second-order valence-electron chi connectivity index (χ2n) is 5.09. The Morgan fingerprint density at radius 2 is 2.05 bits per heavy atom. The summed E-state index contributed by atoms with van der Waals surface area (Å²) in [5.41, 5.74) is 1.99. The Labute approximate surface area is 115 Å². The molecule has 19 heavy (non-hydrogen) atoms. The smallest absolute Gasteiger partial charge is 0.130 e. The van der Waals surface area contributed by atoms with Gasteiger partial charge in [-0.15, -0.1) is 0 Å². The van der Waals surface area contributed by atoms with Crippen molar-refractivity contribution in [2.45, 2.75) is 33.2 Å². The first-order valence-electron chi connectivity index (χ1n) is 6.89. The fourth-order valence-electron chi connectivity index (χ4n) is 2.03. The molecular weight excluding hydrogens is 236 g/mol. The third-order valence-electron chi connectivity index (χ3n) is 2.94. The van der Waals surface area contributed by atoms with Crippen molar-refractivity contribution in [2.24, 2.45) is 0 Å². The van der Waals surface area contributed by atoms with Crippen LogP contribution in [0, 0.1) is 6.92 Å². The average molecular weight is 258 g/mol. The van der Waals surface area contributed by atoms with Crippen LogP contribution in [0.5, 0.6) is 5.75 Å². The average Bonchev–Trinajstić information content (AvgIpc) is 2.37. The van der Waals surface area contributed by atoms with E-state index in [0.29, 0.717) is 6.04 Å². The summed E-state index contributed by atoms with van der Waals surface area (Å²) in [4.78, 5) is 4.51. The number of benzene rings is 1. The lowest BCUT2D eigenvalue weighted by molar-refractivity contribution is 0.309. The zero-order valence-corrected chi connectivity index (χ0v) is 11.9. The maximum absolute atomic E-state index is 5.90. The van der Waals surface area contributed by atoms with Gasteiger partial charge in [0.2, 0.25) is 0 Å². The number of ether oxygens (including phenoxy) is 1. The van der Waals surface area contributed by atoms with E-state index in [4.69, 9.17) is 4.74 Å². The van der Waals surface area contributed by atoms with Crippen molar-refractivity contribution in [1.29, 1.82) is 0 Å². The number of fused-ring (bicyclic) bond motifs is 1. The number of hydrogen-bond donors (Lipinski definition) is 1. The van der Waals surface area contributed by atoms with Crippen LogP contribution in [0.3, 0.4) is 0 Å². The first-order valence-corrected chi connectivity index (χ1v) is 6.89. The molecule has 102 valence electrons. The summed E-state index contributed by atoms with van der Waals surface area (Å²) in [5, 5.41) is 4.48. The summed E-state index contributed by atoms with van der Waals surface area (Å²) < 4.78 is 5.90. The highest BCUT2D eigenvalue weighted by atomic mass is 16.5. The number of aryl methyl sites for hydroxylation is 1. The molecular formula is C16H22N2O. The molecule has 1 aromatic heterocycles. The second kappa shape index (κ2) is 6.53. The fourth-order valence-corrected chi connectivity index (χ4v) is 2.03. The Morgan fingerprint density at radius 3 is 2.84 bits per heavy atom. The molecule has 0 unspecified atom stereocenters. The lowest BCUT2D eigenvalue weighted by Crippen LogP contribution is -2.24. The summed E-state index contributed by atoms with van der Waals surface area (Å²) in [6.45, 7) is 8.02. The van der Waals surface area contributed by atoms with Crippen LogP contribution < -0.4 is 10.1 Å². The predicted octanol–water partition coefficient (Wildman–Crippen LogP) is 3.31. The summed E-state index contributed by atoms with van der Waals surface area (Å²) in [6, 6.07) is 10.7. The number of para-hydroxylation sites is 1. The van der Waals surface area contributed by atoms with Crippen LogP contribution in [0.4, 0.5) is 0 Å². The summed E-state index contributed by atoms with van der Waals surface area (Å²) in [5.74, 6) is 0.938. The molecule has 0 atom stereocenters. The molecule has 2 aromatic rings. The van der Waals surface area contributed by atoms with Gasteiger partial charge in [-0.2, -0.15) is 0 Å². The van der Waals surface area contributed by atoms with E-state index in [9.17, 15) is 0 Å². The molecule has 0 radical (unpaired) electrons. The van der Waals surface area contributed by atoms with Crippen molar-refractivity contribution in [3.05, 3.63) is 36.0 Å². The zero-order valence-electron chi connectivity index (χ0n) is 11.9. The minimum atomic E-state index is 0.531. The van der Waals surface area contributed by atoms with Crippen LogP contribution >= 0.6 is 0 Å². The van der Waals surface area contributed by atoms with Crippen molar-refractivity contribution in [3.8, 4) is 5.75 Å². The van der Waals surface area contributed by atoms with Crippen molar-refractivity contribution >= 4 is 10.9 Å². The lowest BCUT2D eigenvalue weighted by Gasteiger charge is -2.11. The number of rotatable bonds is 6. The zero-order chi connectivity index (χ0) is 13.7. The summed E-state index contributed by atoms with van der Waals surface area (Å²) in [6.07, 6.45) is 1.01. The second-order valence-corrected chi connectivity index (χ2v) is 5.09. The van der Waals surface area contributed by atoms with E-state index >= 15 is 0 Å². The highest BCUT2D eigenvalue weighted by Crippen LogP contribution is 2.25. The minimum Gasteiger partial charge on any atom is -0.493 e. The molecule has 0 aliphatic rings. The third kappa shape index (κ3) is 3.93. The van der Waals surface area contributed by atoms with Gasteiger partial charge in [0.25, 0.3) is 0 Å². The molecule has 1 N–H and O–H groups in total. The molecule has 0 fully saturated rings. The topological polar surface area (TPSA) is 34.1 Å². The molecule has 0 saturated heterocycles. The molecule has 0 aliphatic heterocycles. The summed E-state index contributed by atoms with van der Waals surface area (Å²) in [7, 11) is 0. The summed E-state index contributed by atoms with van der Waals surface area (Å²) >= 11 is 0. The fraction of sp³-hybridized carbons (Fsp3) is 0.438. The largest absolute Gasteiger partial charge is 0.493 e. The lowest BCUT2D eigenvalue weighted by atomic mass is 10.2. The maximum Gasteiger partial charge on any atom is 0.130 e. The van der Waals surface area contributed by atoms with Gasteiger partial charge in [0.15, 0.2) is 0 Å². The number of aromatic nitrogens is 1. The Hall–Kier alpha value is -1.61. The molecule has 0 spiro atoms. The van der Waals surface area contributed by atoms with Gasteiger partial charge in [-0.1, -0.05) is 26.0 Å². The molecule has 3 heteroatoms. The van der Waals surface area contributed by atoms with Crippen molar-refractivity contribution < 1.29 is 4.74 Å². The SMILES string of the molecule is Cc1cc(OCCCNC(C)C)c2ccccc2n1. The Bertz CT molecular complexity index is 537. The van der Waals surface area contributed by atoms with Gasteiger partial charge in [-0.3, -0.25) is 4.98 Å². The Balaban J connectivity index is 2.00. The standard InChI is InChI=1S/C16H22N2O/c1-12(2)17-9-6-10-19-16-11-13(3)18-15-8-5-4-7-14(15)16/h4-5,7-8,11-12,17H,6,9-10H2,1-3H3. The van der Waals surface area contributed by atoms with Gasteiger partial charge in [0.1, 0.15) is 5.75 Å². The highest BCUT2D eigenvalue weighted by Gasteiger charge is 2.04. The van der Waals surface area contributed by atoms with E-state index in [1.54, 1.807) is 0 Å². The number of pyridine rings is 1. The molecule has 0 amide bonds.